The molecule has 1 aromatic heterocycles. The third-order valence-electron chi connectivity index (χ3n) is 4.63. The van der Waals surface area contributed by atoms with E-state index < -0.39 is 0 Å². The quantitative estimate of drug-likeness (QED) is 0.776. The molecule has 0 unspecified atom stereocenters. The third-order valence-corrected chi connectivity index (χ3v) is 4.63. The molecule has 1 aromatic carbocycles. The molecule has 1 N–H and O–H groups in total. The van der Waals surface area contributed by atoms with Crippen molar-refractivity contribution in [3.05, 3.63) is 47.8 Å². The first-order chi connectivity index (χ1) is 13.6. The molecule has 0 aliphatic carbocycles. The normalized spacial score (nSPS) is 14.4. The Balaban J connectivity index is 1.57. The molecule has 148 valence electrons. The van der Waals surface area contributed by atoms with E-state index in [0.29, 0.717) is 13.1 Å². The van der Waals surface area contributed by atoms with Crippen molar-refractivity contribution in [2.75, 3.05) is 50.1 Å². The fraction of sp³-hybridized carbons (Fsp3) is 0.381. The lowest BCUT2D eigenvalue weighted by Crippen LogP contribution is -2.48. The molecule has 0 radical (unpaired) electrons. The molecule has 2 heterocycles. The van der Waals surface area contributed by atoms with Crippen LogP contribution in [0.25, 0.3) is 6.08 Å². The topological polar surface area (TPSA) is 70.6 Å². The Kier molecular flexibility index (Phi) is 6.47. The molecule has 1 amide bonds. The number of aromatic nitrogens is 2. The highest BCUT2D eigenvalue weighted by atomic mass is 16.5. The van der Waals surface area contributed by atoms with Gasteiger partial charge in [0.1, 0.15) is 23.2 Å². The highest BCUT2D eigenvalue weighted by Crippen LogP contribution is 2.18. The first kappa shape index (κ1) is 19.7. The molecule has 3 rings (SSSR count). The molecule has 2 aromatic rings. The predicted octanol–water partition coefficient (Wildman–Crippen LogP) is 2.59. The maximum atomic E-state index is 12.5. The minimum atomic E-state index is 0.0303. The minimum Gasteiger partial charge on any atom is -0.497 e. The van der Waals surface area contributed by atoms with E-state index in [9.17, 15) is 4.79 Å². The average Bonchev–Trinajstić information content (AvgIpc) is 2.72. The lowest BCUT2D eigenvalue weighted by molar-refractivity contribution is -0.126. The zero-order valence-electron chi connectivity index (χ0n) is 16.7. The molecular formula is C21H27N5O2. The van der Waals surface area contributed by atoms with Crippen molar-refractivity contribution in [2.45, 2.75) is 13.8 Å². The number of rotatable bonds is 6. The number of aryl methyl sites for hydroxylation is 1. The van der Waals surface area contributed by atoms with Gasteiger partial charge in [-0.3, -0.25) is 4.79 Å². The van der Waals surface area contributed by atoms with Gasteiger partial charge in [0, 0.05) is 44.9 Å². The van der Waals surface area contributed by atoms with Crippen LogP contribution in [0.2, 0.25) is 0 Å². The summed E-state index contributed by atoms with van der Waals surface area (Å²) in [5.41, 5.74) is 0.972. The molecule has 1 aliphatic rings. The van der Waals surface area contributed by atoms with Crippen molar-refractivity contribution >= 4 is 23.6 Å². The lowest BCUT2D eigenvalue weighted by atomic mass is 10.2. The van der Waals surface area contributed by atoms with E-state index in [1.165, 1.54) is 0 Å². The second-order valence-electron chi connectivity index (χ2n) is 6.61. The third kappa shape index (κ3) is 5.00. The van der Waals surface area contributed by atoms with Gasteiger partial charge < -0.3 is 19.9 Å². The average molecular weight is 381 g/mol. The zero-order chi connectivity index (χ0) is 19.9. The van der Waals surface area contributed by atoms with Crippen LogP contribution in [0.1, 0.15) is 18.3 Å². The molecular weight excluding hydrogens is 354 g/mol. The minimum absolute atomic E-state index is 0.0303. The van der Waals surface area contributed by atoms with Gasteiger partial charge in [-0.15, -0.1) is 0 Å². The van der Waals surface area contributed by atoms with Gasteiger partial charge in [0.25, 0.3) is 0 Å². The second-order valence-corrected chi connectivity index (χ2v) is 6.61. The summed E-state index contributed by atoms with van der Waals surface area (Å²) in [5.74, 6) is 3.32. The Bertz CT molecular complexity index is 827. The van der Waals surface area contributed by atoms with Gasteiger partial charge in [-0.1, -0.05) is 12.1 Å². The van der Waals surface area contributed by atoms with Crippen LogP contribution >= 0.6 is 0 Å². The van der Waals surface area contributed by atoms with E-state index in [2.05, 4.69) is 20.2 Å². The number of benzene rings is 1. The largest absolute Gasteiger partial charge is 0.497 e. The van der Waals surface area contributed by atoms with E-state index in [-0.39, 0.29) is 5.91 Å². The Morgan fingerprint density at radius 2 is 1.89 bits per heavy atom. The van der Waals surface area contributed by atoms with Crippen LogP contribution in [0.5, 0.6) is 5.75 Å². The number of anilines is 2. The Morgan fingerprint density at radius 1 is 1.18 bits per heavy atom. The van der Waals surface area contributed by atoms with Gasteiger partial charge in [0.2, 0.25) is 5.91 Å². The Labute approximate surface area is 166 Å². The summed E-state index contributed by atoms with van der Waals surface area (Å²) in [6.07, 6.45) is 3.47. The summed E-state index contributed by atoms with van der Waals surface area (Å²) in [7, 11) is 1.64. The van der Waals surface area contributed by atoms with Crippen molar-refractivity contribution in [3.8, 4) is 5.75 Å². The molecule has 7 nitrogen and oxygen atoms in total. The molecule has 0 saturated carbocycles. The van der Waals surface area contributed by atoms with Gasteiger partial charge in [-0.05, 0) is 37.6 Å². The van der Waals surface area contributed by atoms with Crippen LogP contribution in [-0.4, -0.2) is 60.6 Å². The fourth-order valence-electron chi connectivity index (χ4n) is 3.13. The first-order valence-electron chi connectivity index (χ1n) is 9.54. The van der Waals surface area contributed by atoms with Crippen LogP contribution in [0.4, 0.5) is 11.6 Å². The molecule has 1 fully saturated rings. The molecule has 7 heteroatoms. The summed E-state index contributed by atoms with van der Waals surface area (Å²) in [6, 6.07) is 9.60. The number of nitrogens with zero attached hydrogens (tertiary/aromatic N) is 4. The lowest BCUT2D eigenvalue weighted by Gasteiger charge is -2.35. The van der Waals surface area contributed by atoms with E-state index in [1.807, 2.05) is 55.2 Å². The van der Waals surface area contributed by atoms with Crippen molar-refractivity contribution in [2.24, 2.45) is 0 Å². The summed E-state index contributed by atoms with van der Waals surface area (Å²) < 4.78 is 5.15. The molecule has 28 heavy (non-hydrogen) atoms. The van der Waals surface area contributed by atoms with Crippen molar-refractivity contribution in [1.82, 2.24) is 14.9 Å². The highest BCUT2D eigenvalue weighted by Gasteiger charge is 2.21. The van der Waals surface area contributed by atoms with Gasteiger partial charge >= 0.3 is 0 Å². The summed E-state index contributed by atoms with van der Waals surface area (Å²) in [5, 5.41) is 3.23. The maximum absolute atomic E-state index is 12.5. The second kappa shape index (κ2) is 9.21. The first-order valence-corrected chi connectivity index (χ1v) is 9.54. The van der Waals surface area contributed by atoms with Crippen LogP contribution in [0, 0.1) is 6.92 Å². The van der Waals surface area contributed by atoms with Crippen molar-refractivity contribution in [1.29, 1.82) is 0 Å². The van der Waals surface area contributed by atoms with E-state index >= 15 is 0 Å². The molecule has 1 aliphatic heterocycles. The molecule has 0 spiro atoms. The number of carbonyl (C=O) groups is 1. The molecule has 1 saturated heterocycles. The number of carbonyl (C=O) groups excluding carboxylic acids is 1. The maximum Gasteiger partial charge on any atom is 0.246 e. The van der Waals surface area contributed by atoms with Crippen LogP contribution in [0.15, 0.2) is 36.4 Å². The van der Waals surface area contributed by atoms with Crippen LogP contribution < -0.4 is 15.0 Å². The van der Waals surface area contributed by atoms with E-state index in [0.717, 1.165) is 48.4 Å². The number of methoxy groups -OCH3 is 1. The number of hydrogen-bond acceptors (Lipinski definition) is 6. The van der Waals surface area contributed by atoms with E-state index in [1.54, 1.807) is 13.2 Å². The van der Waals surface area contributed by atoms with E-state index in [4.69, 9.17) is 4.74 Å². The zero-order valence-corrected chi connectivity index (χ0v) is 16.7. The number of ether oxygens (including phenoxy) is 1. The van der Waals surface area contributed by atoms with Gasteiger partial charge in [-0.25, -0.2) is 9.97 Å². The number of nitrogens with one attached hydrogen (secondary N) is 1. The molecule has 0 atom stereocenters. The van der Waals surface area contributed by atoms with Gasteiger partial charge in [-0.2, -0.15) is 0 Å². The number of amides is 1. The van der Waals surface area contributed by atoms with Gasteiger partial charge in [0.05, 0.1) is 7.11 Å². The smallest absolute Gasteiger partial charge is 0.246 e. The Morgan fingerprint density at radius 3 is 2.54 bits per heavy atom. The predicted molar refractivity (Wildman–Crippen MR) is 112 cm³/mol. The number of hydrogen-bond donors (Lipinski definition) is 1. The Hall–Kier alpha value is -3.09. The van der Waals surface area contributed by atoms with Crippen LogP contribution in [-0.2, 0) is 4.79 Å². The highest BCUT2D eigenvalue weighted by molar-refractivity contribution is 5.92. The van der Waals surface area contributed by atoms with Crippen LogP contribution in [0.3, 0.4) is 0 Å². The summed E-state index contributed by atoms with van der Waals surface area (Å²) in [4.78, 5) is 25.5. The fourth-order valence-corrected chi connectivity index (χ4v) is 3.13. The van der Waals surface area contributed by atoms with Crippen molar-refractivity contribution in [3.63, 3.8) is 0 Å². The summed E-state index contributed by atoms with van der Waals surface area (Å²) >= 11 is 0. The standard InChI is InChI=1S/C21H27N5O2/c1-4-22-19-15-20(24-16(2)23-19)25-11-13-26(14-12-25)21(27)10-7-17-5-8-18(28-3)9-6-17/h5-10,15H,4,11-14H2,1-3H3,(H,22,23,24)/b10-7+. The van der Waals surface area contributed by atoms with Gasteiger partial charge in [0.15, 0.2) is 0 Å². The summed E-state index contributed by atoms with van der Waals surface area (Å²) in [6.45, 7) is 7.61. The molecule has 0 bridgehead atoms. The van der Waals surface area contributed by atoms with Crippen molar-refractivity contribution < 1.29 is 9.53 Å². The monoisotopic (exact) mass is 381 g/mol. The SMILES string of the molecule is CCNc1cc(N2CCN(C(=O)/C=C/c3ccc(OC)cc3)CC2)nc(C)n1. The number of piperazine rings is 1.